The molecule has 0 spiro atoms. The number of hydrogen-bond acceptors (Lipinski definition) is 9. The fourth-order valence-electron chi connectivity index (χ4n) is 3.24. The zero-order chi connectivity index (χ0) is 19.5. The van der Waals surface area contributed by atoms with Crippen LogP contribution in [0.25, 0.3) is 11.4 Å². The van der Waals surface area contributed by atoms with E-state index in [0.717, 1.165) is 42.7 Å². The summed E-state index contributed by atoms with van der Waals surface area (Å²) < 4.78 is 15.0. The highest BCUT2D eigenvalue weighted by molar-refractivity contribution is 7.09. The standard InChI is InChI=1S/C19H24N6O2S/c1-13-4-6-15(7-5-13)17-21-18(27-22-17)14(2)24-8-10-25(11-9-24)19-20-16(12-26-3)23-28-19/h4-7,14H,8-12H2,1-3H3. The molecule has 1 unspecified atom stereocenters. The van der Waals surface area contributed by atoms with Gasteiger partial charge < -0.3 is 14.2 Å². The first-order valence-corrected chi connectivity index (χ1v) is 10.1. The number of rotatable bonds is 6. The number of methoxy groups -OCH3 is 1. The first kappa shape index (κ1) is 19.0. The summed E-state index contributed by atoms with van der Waals surface area (Å²) in [7, 11) is 1.66. The summed E-state index contributed by atoms with van der Waals surface area (Å²) in [5, 5.41) is 5.12. The van der Waals surface area contributed by atoms with Crippen molar-refractivity contribution in [3.63, 3.8) is 0 Å². The molecule has 28 heavy (non-hydrogen) atoms. The molecule has 3 heterocycles. The van der Waals surface area contributed by atoms with Crippen molar-refractivity contribution >= 4 is 16.7 Å². The van der Waals surface area contributed by atoms with E-state index in [1.54, 1.807) is 7.11 Å². The molecule has 1 atom stereocenters. The van der Waals surface area contributed by atoms with Crippen LogP contribution >= 0.6 is 11.5 Å². The van der Waals surface area contributed by atoms with Crippen molar-refractivity contribution in [2.75, 3.05) is 38.2 Å². The molecule has 1 aliphatic heterocycles. The van der Waals surface area contributed by atoms with Gasteiger partial charge in [0.1, 0.15) is 6.61 Å². The zero-order valence-electron chi connectivity index (χ0n) is 16.3. The maximum Gasteiger partial charge on any atom is 0.244 e. The second kappa shape index (κ2) is 8.34. The number of benzene rings is 1. The predicted octanol–water partition coefficient (Wildman–Crippen LogP) is 2.93. The molecule has 2 aromatic heterocycles. The molecule has 1 fully saturated rings. The summed E-state index contributed by atoms with van der Waals surface area (Å²) >= 11 is 1.43. The molecule has 0 saturated carbocycles. The molecule has 0 radical (unpaired) electrons. The molecular formula is C19H24N6O2S. The van der Waals surface area contributed by atoms with Crippen LogP contribution in [0, 0.1) is 6.92 Å². The Bertz CT molecular complexity index is 901. The fraction of sp³-hybridized carbons (Fsp3) is 0.474. The lowest BCUT2D eigenvalue weighted by molar-refractivity contribution is 0.164. The molecule has 1 aliphatic rings. The third kappa shape index (κ3) is 4.06. The van der Waals surface area contributed by atoms with Gasteiger partial charge in [-0.2, -0.15) is 9.36 Å². The van der Waals surface area contributed by atoms with Crippen LogP contribution in [0.4, 0.5) is 5.13 Å². The van der Waals surface area contributed by atoms with Crippen LogP contribution in [-0.4, -0.2) is 57.7 Å². The molecule has 1 saturated heterocycles. The zero-order valence-corrected chi connectivity index (χ0v) is 17.1. The summed E-state index contributed by atoms with van der Waals surface area (Å²) in [6.45, 7) is 8.23. The summed E-state index contributed by atoms with van der Waals surface area (Å²) in [4.78, 5) is 13.8. The van der Waals surface area contributed by atoms with E-state index in [4.69, 9.17) is 9.26 Å². The van der Waals surface area contributed by atoms with Crippen LogP contribution in [0.1, 0.15) is 30.2 Å². The number of aromatic nitrogens is 4. The fourth-order valence-corrected chi connectivity index (χ4v) is 3.97. The Morgan fingerprint density at radius 2 is 1.89 bits per heavy atom. The van der Waals surface area contributed by atoms with Gasteiger partial charge in [0.25, 0.3) is 0 Å². The maximum absolute atomic E-state index is 5.56. The smallest absolute Gasteiger partial charge is 0.244 e. The van der Waals surface area contributed by atoms with E-state index in [2.05, 4.69) is 55.3 Å². The molecular weight excluding hydrogens is 376 g/mol. The largest absolute Gasteiger partial charge is 0.377 e. The molecule has 0 amide bonds. The molecule has 148 valence electrons. The Labute approximate surface area is 168 Å². The normalized spacial score (nSPS) is 16.5. The molecule has 4 rings (SSSR count). The molecule has 0 bridgehead atoms. The van der Waals surface area contributed by atoms with Gasteiger partial charge in [-0.05, 0) is 13.8 Å². The van der Waals surface area contributed by atoms with Crippen molar-refractivity contribution in [1.29, 1.82) is 0 Å². The van der Waals surface area contributed by atoms with E-state index in [-0.39, 0.29) is 6.04 Å². The Balaban J connectivity index is 1.37. The third-order valence-corrected chi connectivity index (χ3v) is 5.79. The summed E-state index contributed by atoms with van der Waals surface area (Å²) in [6.07, 6.45) is 0. The van der Waals surface area contributed by atoms with Gasteiger partial charge in [0.05, 0.1) is 6.04 Å². The minimum Gasteiger partial charge on any atom is -0.377 e. The van der Waals surface area contributed by atoms with Crippen LogP contribution in [0.3, 0.4) is 0 Å². The van der Waals surface area contributed by atoms with Gasteiger partial charge in [-0.25, -0.2) is 4.98 Å². The van der Waals surface area contributed by atoms with Crippen molar-refractivity contribution < 1.29 is 9.26 Å². The van der Waals surface area contributed by atoms with Crippen LogP contribution in [0.2, 0.25) is 0 Å². The van der Waals surface area contributed by atoms with Gasteiger partial charge >= 0.3 is 0 Å². The molecule has 9 heteroatoms. The van der Waals surface area contributed by atoms with E-state index >= 15 is 0 Å². The Kier molecular flexibility index (Phi) is 5.65. The number of hydrogen-bond donors (Lipinski definition) is 0. The van der Waals surface area contributed by atoms with Crippen LogP contribution in [0.15, 0.2) is 28.8 Å². The van der Waals surface area contributed by atoms with E-state index in [1.165, 1.54) is 17.1 Å². The highest BCUT2D eigenvalue weighted by atomic mass is 32.1. The number of anilines is 1. The van der Waals surface area contributed by atoms with Crippen molar-refractivity contribution in [1.82, 2.24) is 24.4 Å². The van der Waals surface area contributed by atoms with Gasteiger partial charge in [-0.15, -0.1) is 0 Å². The lowest BCUT2D eigenvalue weighted by Gasteiger charge is -2.36. The Morgan fingerprint density at radius 1 is 1.14 bits per heavy atom. The van der Waals surface area contributed by atoms with E-state index in [0.29, 0.717) is 18.3 Å². The maximum atomic E-state index is 5.56. The lowest BCUT2D eigenvalue weighted by Crippen LogP contribution is -2.47. The first-order chi connectivity index (χ1) is 13.6. The number of aryl methyl sites for hydroxylation is 1. The van der Waals surface area contributed by atoms with Gasteiger partial charge in [-0.3, -0.25) is 4.90 Å². The average Bonchev–Trinajstić information content (AvgIpc) is 3.39. The second-order valence-electron chi connectivity index (χ2n) is 6.95. The van der Waals surface area contributed by atoms with Gasteiger partial charge in [0, 0.05) is 50.4 Å². The van der Waals surface area contributed by atoms with Crippen molar-refractivity contribution in [3.05, 3.63) is 41.5 Å². The van der Waals surface area contributed by atoms with Crippen LogP contribution in [0.5, 0.6) is 0 Å². The Morgan fingerprint density at radius 3 is 2.61 bits per heavy atom. The SMILES string of the molecule is COCc1nsc(N2CCN(C(C)c3nc(-c4ccc(C)cc4)no3)CC2)n1. The van der Waals surface area contributed by atoms with Crippen molar-refractivity contribution in [3.8, 4) is 11.4 Å². The van der Waals surface area contributed by atoms with Gasteiger partial charge in [0.15, 0.2) is 5.82 Å². The topological polar surface area (TPSA) is 80.4 Å². The number of nitrogens with zero attached hydrogens (tertiary/aromatic N) is 6. The van der Waals surface area contributed by atoms with Crippen molar-refractivity contribution in [2.45, 2.75) is 26.5 Å². The second-order valence-corrected chi connectivity index (χ2v) is 7.68. The summed E-state index contributed by atoms with van der Waals surface area (Å²) in [5.41, 5.74) is 2.18. The minimum absolute atomic E-state index is 0.0762. The van der Waals surface area contributed by atoms with Crippen LogP contribution < -0.4 is 4.90 Å². The molecule has 1 aromatic carbocycles. The van der Waals surface area contributed by atoms with E-state index in [1.807, 2.05) is 12.1 Å². The number of piperazine rings is 1. The highest BCUT2D eigenvalue weighted by Gasteiger charge is 2.27. The molecule has 3 aromatic rings. The quantitative estimate of drug-likeness (QED) is 0.625. The molecule has 0 aliphatic carbocycles. The minimum atomic E-state index is 0.0762. The molecule has 0 N–H and O–H groups in total. The van der Waals surface area contributed by atoms with E-state index in [9.17, 15) is 0 Å². The number of ether oxygens (including phenoxy) is 1. The average molecular weight is 401 g/mol. The first-order valence-electron chi connectivity index (χ1n) is 9.35. The third-order valence-electron chi connectivity index (χ3n) is 4.97. The van der Waals surface area contributed by atoms with Crippen molar-refractivity contribution in [2.24, 2.45) is 0 Å². The van der Waals surface area contributed by atoms with Gasteiger partial charge in [0.2, 0.25) is 16.8 Å². The predicted molar refractivity (Wildman–Crippen MR) is 107 cm³/mol. The summed E-state index contributed by atoms with van der Waals surface area (Å²) in [6, 6.07) is 8.23. The summed E-state index contributed by atoms with van der Waals surface area (Å²) in [5.74, 6) is 2.04. The Hall–Kier alpha value is -2.36. The van der Waals surface area contributed by atoms with Crippen LogP contribution in [-0.2, 0) is 11.3 Å². The highest BCUT2D eigenvalue weighted by Crippen LogP contribution is 2.26. The van der Waals surface area contributed by atoms with Gasteiger partial charge in [-0.1, -0.05) is 35.0 Å². The lowest BCUT2D eigenvalue weighted by atomic mass is 10.1. The monoisotopic (exact) mass is 400 g/mol. The molecule has 8 nitrogen and oxygen atoms in total. The van der Waals surface area contributed by atoms with E-state index < -0.39 is 0 Å².